The molecule has 3 saturated heterocycles. The van der Waals surface area contributed by atoms with Crippen molar-refractivity contribution in [2.45, 2.75) is 37.8 Å². The van der Waals surface area contributed by atoms with Crippen LogP contribution in [0, 0.1) is 23.7 Å². The number of likely N-dealkylation sites (tertiary alicyclic amines) is 2. The molecular weight excluding hydrogens is 390 g/mol. The van der Waals surface area contributed by atoms with E-state index in [0.717, 1.165) is 31.7 Å². The van der Waals surface area contributed by atoms with E-state index in [1.165, 1.54) is 0 Å². The number of piperidine rings is 2. The van der Waals surface area contributed by atoms with E-state index >= 15 is 0 Å². The van der Waals surface area contributed by atoms with Crippen molar-refractivity contribution >= 4 is 5.91 Å². The third kappa shape index (κ3) is 3.02. The summed E-state index contributed by atoms with van der Waals surface area (Å²) >= 11 is 0. The Hall–Kier alpha value is -1.80. The first-order valence-corrected chi connectivity index (χ1v) is 11.2. The Balaban J connectivity index is 1.20. The maximum atomic E-state index is 13.5. The summed E-state index contributed by atoms with van der Waals surface area (Å²) in [7, 11) is 0. The third-order valence-electron chi connectivity index (χ3n) is 8.01. The van der Waals surface area contributed by atoms with Gasteiger partial charge >= 0.3 is 0 Å². The molecular formula is C22H28F2N4O2. The molecule has 30 heavy (non-hydrogen) atoms. The van der Waals surface area contributed by atoms with Crippen LogP contribution in [0.15, 0.2) is 16.9 Å². The van der Waals surface area contributed by atoms with Gasteiger partial charge in [-0.15, -0.1) is 0 Å². The van der Waals surface area contributed by atoms with Crippen molar-refractivity contribution < 1.29 is 13.6 Å². The van der Waals surface area contributed by atoms with Crippen LogP contribution in [0.25, 0.3) is 0 Å². The average molecular weight is 418 g/mol. The van der Waals surface area contributed by atoms with Crippen LogP contribution < -0.4 is 10.9 Å². The van der Waals surface area contributed by atoms with Gasteiger partial charge < -0.3 is 14.8 Å². The number of nitrogens with one attached hydrogen (secondary N) is 1. The van der Waals surface area contributed by atoms with E-state index in [0.29, 0.717) is 48.9 Å². The van der Waals surface area contributed by atoms with Crippen LogP contribution in [0.5, 0.6) is 0 Å². The van der Waals surface area contributed by atoms with E-state index in [-0.39, 0.29) is 36.9 Å². The molecule has 6 rings (SSSR count). The standard InChI is InChI=1S/C22H28F2N4O2/c23-22(24)3-4-26(12-22)10-14-1-2-18-15-5-13(9-28(18)20(14)29)8-27(11-15)21(30)19-16-6-25-7-17(16)19/h1-2,13,15-17,19,25H,3-12H2/t13-,15+,16-,17+,19?/m0/s1. The second kappa shape index (κ2) is 6.60. The lowest BCUT2D eigenvalue weighted by atomic mass is 9.82. The maximum absolute atomic E-state index is 13.5. The lowest BCUT2D eigenvalue weighted by Crippen LogP contribution is -2.50. The summed E-state index contributed by atoms with van der Waals surface area (Å²) < 4.78 is 28.9. The van der Waals surface area contributed by atoms with Crippen molar-refractivity contribution in [1.82, 2.24) is 19.7 Å². The first-order chi connectivity index (χ1) is 14.4. The minimum absolute atomic E-state index is 0.0417. The minimum Gasteiger partial charge on any atom is -0.341 e. The molecule has 1 amide bonds. The molecule has 8 heteroatoms. The number of halogens is 2. The fourth-order valence-corrected chi connectivity index (χ4v) is 6.47. The van der Waals surface area contributed by atoms with Gasteiger partial charge in [0.2, 0.25) is 5.91 Å². The first kappa shape index (κ1) is 18.9. The molecule has 4 fully saturated rings. The Morgan fingerprint density at radius 1 is 1.17 bits per heavy atom. The van der Waals surface area contributed by atoms with Crippen LogP contribution in [-0.4, -0.2) is 65.5 Å². The number of rotatable bonds is 3. The van der Waals surface area contributed by atoms with Gasteiger partial charge in [0.15, 0.2) is 0 Å². The maximum Gasteiger partial charge on any atom is 0.261 e. The van der Waals surface area contributed by atoms with Crippen LogP contribution in [0.4, 0.5) is 8.78 Å². The summed E-state index contributed by atoms with van der Waals surface area (Å²) in [5, 5.41) is 3.35. The van der Waals surface area contributed by atoms with E-state index in [9.17, 15) is 18.4 Å². The highest BCUT2D eigenvalue weighted by molar-refractivity contribution is 5.83. The molecule has 1 saturated carbocycles. The SMILES string of the molecule is O=C(C1[C@H]2CNC[C@@H]12)N1C[C@@H]2C[C@H](C1)c1ccc(CN3CCC(F)(F)C3)c(=O)n1C2. The number of fused-ring (bicyclic) bond motifs is 5. The second-order valence-electron chi connectivity index (χ2n) is 10.1. The van der Waals surface area contributed by atoms with Crippen molar-refractivity contribution in [3.8, 4) is 0 Å². The number of aromatic nitrogens is 1. The van der Waals surface area contributed by atoms with Crippen molar-refractivity contribution in [2.75, 3.05) is 39.3 Å². The van der Waals surface area contributed by atoms with Gasteiger partial charge in [-0.05, 0) is 43.3 Å². The summed E-state index contributed by atoms with van der Waals surface area (Å²) in [6.45, 7) is 4.31. The normalized spacial score (nSPS) is 36.5. The van der Waals surface area contributed by atoms with Crippen LogP contribution in [0.2, 0.25) is 0 Å². The Kier molecular flexibility index (Phi) is 4.16. The van der Waals surface area contributed by atoms with E-state index in [4.69, 9.17) is 0 Å². The van der Waals surface area contributed by atoms with Crippen LogP contribution in [0.1, 0.15) is 30.0 Å². The van der Waals surface area contributed by atoms with Crippen molar-refractivity contribution in [3.63, 3.8) is 0 Å². The number of carbonyl (C=O) groups excluding carboxylic acids is 1. The molecule has 0 radical (unpaired) electrons. The van der Waals surface area contributed by atoms with Crippen molar-refractivity contribution in [3.05, 3.63) is 33.7 Å². The zero-order valence-electron chi connectivity index (χ0n) is 17.0. The van der Waals surface area contributed by atoms with E-state index < -0.39 is 5.92 Å². The molecule has 1 aromatic rings. The molecule has 4 aliphatic heterocycles. The molecule has 5 aliphatic rings. The van der Waals surface area contributed by atoms with E-state index in [1.54, 1.807) is 4.90 Å². The number of hydrogen-bond donors (Lipinski definition) is 1. The third-order valence-corrected chi connectivity index (χ3v) is 8.01. The number of carbonyl (C=O) groups is 1. The van der Waals surface area contributed by atoms with E-state index in [2.05, 4.69) is 10.2 Å². The summed E-state index contributed by atoms with van der Waals surface area (Å²) in [5.41, 5.74) is 1.56. The molecule has 0 aromatic carbocycles. The Morgan fingerprint density at radius 2 is 1.97 bits per heavy atom. The van der Waals surface area contributed by atoms with Crippen LogP contribution >= 0.6 is 0 Å². The second-order valence-corrected chi connectivity index (χ2v) is 10.1. The predicted octanol–water partition coefficient (Wildman–Crippen LogP) is 1.10. The predicted molar refractivity (Wildman–Crippen MR) is 106 cm³/mol. The molecule has 5 atom stereocenters. The Bertz CT molecular complexity index is 938. The van der Waals surface area contributed by atoms with Gasteiger partial charge in [0.25, 0.3) is 11.5 Å². The largest absolute Gasteiger partial charge is 0.341 e. The highest BCUT2D eigenvalue weighted by Gasteiger charge is 2.58. The molecule has 0 spiro atoms. The molecule has 6 nitrogen and oxygen atoms in total. The molecule has 1 unspecified atom stereocenters. The molecule has 1 aliphatic carbocycles. The van der Waals surface area contributed by atoms with Crippen LogP contribution in [0.3, 0.4) is 0 Å². The summed E-state index contributed by atoms with van der Waals surface area (Å²) in [4.78, 5) is 29.9. The molecule has 1 aromatic heterocycles. The number of hydrogen-bond acceptors (Lipinski definition) is 4. The van der Waals surface area contributed by atoms with Gasteiger partial charge in [-0.3, -0.25) is 14.5 Å². The molecule has 5 heterocycles. The van der Waals surface area contributed by atoms with E-state index in [1.807, 2.05) is 16.7 Å². The number of pyridine rings is 1. The topological polar surface area (TPSA) is 57.6 Å². The van der Waals surface area contributed by atoms with Crippen LogP contribution in [-0.2, 0) is 17.9 Å². The number of nitrogens with zero attached hydrogens (tertiary/aromatic N) is 3. The highest BCUT2D eigenvalue weighted by atomic mass is 19.3. The zero-order chi connectivity index (χ0) is 20.6. The number of alkyl halides is 2. The van der Waals surface area contributed by atoms with Gasteiger partial charge in [-0.25, -0.2) is 8.78 Å². The average Bonchev–Trinajstić information content (AvgIpc) is 3.01. The van der Waals surface area contributed by atoms with Gasteiger partial charge in [0.05, 0.1) is 6.54 Å². The fourth-order valence-electron chi connectivity index (χ4n) is 6.47. The quantitative estimate of drug-likeness (QED) is 0.799. The smallest absolute Gasteiger partial charge is 0.261 e. The number of amides is 1. The lowest BCUT2D eigenvalue weighted by Gasteiger charge is -2.43. The Labute approximate surface area is 174 Å². The van der Waals surface area contributed by atoms with Gasteiger partial charge in [-0.1, -0.05) is 6.07 Å². The molecule has 1 N–H and O–H groups in total. The fraction of sp³-hybridized carbons (Fsp3) is 0.727. The monoisotopic (exact) mass is 418 g/mol. The van der Waals surface area contributed by atoms with Gasteiger partial charge in [-0.2, -0.15) is 0 Å². The van der Waals surface area contributed by atoms with Crippen molar-refractivity contribution in [1.29, 1.82) is 0 Å². The Morgan fingerprint density at radius 3 is 2.70 bits per heavy atom. The molecule has 162 valence electrons. The van der Waals surface area contributed by atoms with Gasteiger partial charge in [0.1, 0.15) is 0 Å². The van der Waals surface area contributed by atoms with Crippen molar-refractivity contribution in [2.24, 2.45) is 23.7 Å². The summed E-state index contributed by atoms with van der Waals surface area (Å²) in [6, 6.07) is 3.82. The molecule has 2 bridgehead atoms. The zero-order valence-corrected chi connectivity index (χ0v) is 17.0. The first-order valence-electron chi connectivity index (χ1n) is 11.2. The summed E-state index contributed by atoms with van der Waals surface area (Å²) in [5.74, 6) is -0.605. The van der Waals surface area contributed by atoms with Gasteiger partial charge in [0, 0.05) is 62.2 Å². The lowest BCUT2D eigenvalue weighted by molar-refractivity contribution is -0.136. The minimum atomic E-state index is -2.65. The summed E-state index contributed by atoms with van der Waals surface area (Å²) in [6.07, 6.45) is 0.881. The highest BCUT2D eigenvalue weighted by Crippen LogP contribution is 2.50.